The summed E-state index contributed by atoms with van der Waals surface area (Å²) < 4.78 is 5.44. The van der Waals surface area contributed by atoms with E-state index in [0.717, 1.165) is 29.5 Å². The molecule has 0 saturated heterocycles. The molecule has 1 fully saturated rings. The van der Waals surface area contributed by atoms with Gasteiger partial charge in [0.1, 0.15) is 5.76 Å². The number of nitrogens with two attached hydrogens (primary N) is 1. The fourth-order valence-electron chi connectivity index (χ4n) is 2.88. The summed E-state index contributed by atoms with van der Waals surface area (Å²) in [5.74, 6) is 1.67. The second-order valence-corrected chi connectivity index (χ2v) is 5.72. The van der Waals surface area contributed by atoms with E-state index in [1.165, 1.54) is 25.7 Å². The molecule has 3 nitrogen and oxygen atoms in total. The maximum absolute atomic E-state index is 5.95. The van der Waals surface area contributed by atoms with E-state index in [0.29, 0.717) is 6.04 Å². The summed E-state index contributed by atoms with van der Waals surface area (Å²) in [7, 11) is 0. The van der Waals surface area contributed by atoms with Gasteiger partial charge in [-0.3, -0.25) is 0 Å². The first-order valence-corrected chi connectivity index (χ1v) is 7.44. The van der Waals surface area contributed by atoms with E-state index in [1.807, 2.05) is 12.1 Å². The summed E-state index contributed by atoms with van der Waals surface area (Å²) in [4.78, 5) is 0. The van der Waals surface area contributed by atoms with Crippen molar-refractivity contribution in [1.29, 1.82) is 0 Å². The predicted molar refractivity (Wildman–Crippen MR) is 82.6 cm³/mol. The van der Waals surface area contributed by atoms with Gasteiger partial charge in [-0.15, -0.1) is 0 Å². The van der Waals surface area contributed by atoms with Crippen LogP contribution in [0.1, 0.15) is 25.7 Å². The maximum atomic E-state index is 5.95. The molecule has 1 aliphatic carbocycles. The first-order chi connectivity index (χ1) is 9.81. The third-order valence-corrected chi connectivity index (χ3v) is 4.15. The van der Waals surface area contributed by atoms with Crippen LogP contribution >= 0.6 is 0 Å². The third kappa shape index (κ3) is 3.23. The maximum Gasteiger partial charge on any atom is 0.133 e. The van der Waals surface area contributed by atoms with E-state index in [9.17, 15) is 0 Å². The molecule has 0 atom stereocenters. The first-order valence-electron chi connectivity index (χ1n) is 7.44. The van der Waals surface area contributed by atoms with E-state index in [2.05, 4.69) is 29.6 Å². The highest BCUT2D eigenvalue weighted by atomic mass is 16.3. The Morgan fingerprint density at radius 3 is 2.70 bits per heavy atom. The lowest BCUT2D eigenvalue weighted by atomic mass is 9.86. The van der Waals surface area contributed by atoms with Crippen molar-refractivity contribution in [1.82, 2.24) is 0 Å². The molecule has 3 heteroatoms. The molecule has 0 bridgehead atoms. The third-order valence-electron chi connectivity index (χ3n) is 4.15. The topological polar surface area (TPSA) is 51.2 Å². The van der Waals surface area contributed by atoms with Gasteiger partial charge in [0.25, 0.3) is 0 Å². The van der Waals surface area contributed by atoms with Crippen molar-refractivity contribution in [3.63, 3.8) is 0 Å². The summed E-state index contributed by atoms with van der Waals surface area (Å²) in [6, 6.07) is 12.7. The van der Waals surface area contributed by atoms with Crippen LogP contribution in [0, 0.1) is 5.92 Å². The monoisotopic (exact) mass is 270 g/mol. The van der Waals surface area contributed by atoms with Gasteiger partial charge in [0.15, 0.2) is 0 Å². The molecule has 1 aromatic carbocycles. The van der Waals surface area contributed by atoms with Gasteiger partial charge in [-0.05, 0) is 55.9 Å². The van der Waals surface area contributed by atoms with Gasteiger partial charge in [0.05, 0.1) is 6.26 Å². The zero-order valence-corrected chi connectivity index (χ0v) is 11.7. The number of anilines is 1. The molecule has 0 radical (unpaired) electrons. The summed E-state index contributed by atoms with van der Waals surface area (Å²) in [5.41, 5.74) is 8.22. The normalized spacial score (nSPS) is 22.6. The highest BCUT2D eigenvalue weighted by Crippen LogP contribution is 2.25. The van der Waals surface area contributed by atoms with Gasteiger partial charge in [0, 0.05) is 23.8 Å². The van der Waals surface area contributed by atoms with Gasteiger partial charge in [-0.2, -0.15) is 0 Å². The van der Waals surface area contributed by atoms with Crippen molar-refractivity contribution in [2.45, 2.75) is 31.7 Å². The van der Waals surface area contributed by atoms with E-state index in [1.54, 1.807) is 6.26 Å². The summed E-state index contributed by atoms with van der Waals surface area (Å²) in [6.45, 7) is 1.04. The molecule has 3 rings (SSSR count). The summed E-state index contributed by atoms with van der Waals surface area (Å²) in [6.07, 6.45) is 6.52. The smallest absolute Gasteiger partial charge is 0.133 e. The molecular formula is C17H22N2O. The van der Waals surface area contributed by atoms with Crippen molar-refractivity contribution in [2.24, 2.45) is 11.7 Å². The van der Waals surface area contributed by atoms with Crippen molar-refractivity contribution in [3.05, 3.63) is 42.7 Å². The molecule has 20 heavy (non-hydrogen) atoms. The Bertz CT molecular complexity index is 528. The summed E-state index contributed by atoms with van der Waals surface area (Å²) >= 11 is 0. The zero-order valence-electron chi connectivity index (χ0n) is 11.7. The van der Waals surface area contributed by atoms with Gasteiger partial charge >= 0.3 is 0 Å². The largest absolute Gasteiger partial charge is 0.464 e. The second kappa shape index (κ2) is 6.14. The van der Waals surface area contributed by atoms with Crippen molar-refractivity contribution < 1.29 is 4.42 Å². The molecule has 0 aliphatic heterocycles. The van der Waals surface area contributed by atoms with Gasteiger partial charge in [0.2, 0.25) is 0 Å². The summed E-state index contributed by atoms with van der Waals surface area (Å²) in [5, 5.41) is 3.55. The van der Waals surface area contributed by atoms with E-state index in [-0.39, 0.29) is 0 Å². The molecule has 0 spiro atoms. The molecule has 1 aliphatic rings. The molecule has 1 saturated carbocycles. The minimum Gasteiger partial charge on any atom is -0.464 e. The molecule has 0 unspecified atom stereocenters. The Morgan fingerprint density at radius 1 is 1.10 bits per heavy atom. The Morgan fingerprint density at radius 2 is 1.95 bits per heavy atom. The molecule has 0 amide bonds. The van der Waals surface area contributed by atoms with Gasteiger partial charge < -0.3 is 15.5 Å². The van der Waals surface area contributed by atoms with Crippen molar-refractivity contribution in [2.75, 3.05) is 11.9 Å². The molecule has 3 N–H and O–H groups in total. The van der Waals surface area contributed by atoms with Crippen LogP contribution in [0.15, 0.2) is 47.1 Å². The number of hydrogen-bond acceptors (Lipinski definition) is 3. The number of rotatable bonds is 4. The predicted octanol–water partition coefficient (Wildman–Crippen LogP) is 3.88. The van der Waals surface area contributed by atoms with Crippen LogP contribution in [-0.4, -0.2) is 12.6 Å². The number of benzene rings is 1. The van der Waals surface area contributed by atoms with Crippen LogP contribution in [0.25, 0.3) is 11.3 Å². The van der Waals surface area contributed by atoms with E-state index >= 15 is 0 Å². The average Bonchev–Trinajstić information content (AvgIpc) is 3.01. The molecule has 1 aromatic heterocycles. The van der Waals surface area contributed by atoms with Crippen LogP contribution in [0.4, 0.5) is 5.69 Å². The van der Waals surface area contributed by atoms with Crippen molar-refractivity contribution >= 4 is 5.69 Å². The molecule has 2 aromatic rings. The number of hydrogen-bond donors (Lipinski definition) is 2. The lowest BCUT2D eigenvalue weighted by molar-refractivity contribution is 0.339. The first kappa shape index (κ1) is 13.3. The molecule has 1 heterocycles. The SMILES string of the molecule is N[C@H]1CC[C@H](CNc2cccc(-c3ccco3)c2)CC1. The quantitative estimate of drug-likeness (QED) is 0.886. The fourth-order valence-corrected chi connectivity index (χ4v) is 2.88. The zero-order chi connectivity index (χ0) is 13.8. The Balaban J connectivity index is 1.59. The standard InChI is InChI=1S/C17H22N2O/c18-15-8-6-13(7-9-15)12-19-16-4-1-3-14(11-16)17-5-2-10-20-17/h1-5,10-11,13,15,19H,6-9,12,18H2/t13-,15-. The van der Waals surface area contributed by atoms with Gasteiger partial charge in [-0.25, -0.2) is 0 Å². The number of furan rings is 1. The Labute approximate surface area is 120 Å². The average molecular weight is 270 g/mol. The van der Waals surface area contributed by atoms with Crippen LogP contribution < -0.4 is 11.1 Å². The fraction of sp³-hybridized carbons (Fsp3) is 0.412. The lowest BCUT2D eigenvalue weighted by Gasteiger charge is -2.26. The van der Waals surface area contributed by atoms with Crippen LogP contribution in [-0.2, 0) is 0 Å². The minimum absolute atomic E-state index is 0.425. The lowest BCUT2D eigenvalue weighted by Crippen LogP contribution is -2.29. The van der Waals surface area contributed by atoms with Crippen LogP contribution in [0.5, 0.6) is 0 Å². The van der Waals surface area contributed by atoms with E-state index < -0.39 is 0 Å². The van der Waals surface area contributed by atoms with Crippen LogP contribution in [0.2, 0.25) is 0 Å². The Hall–Kier alpha value is -1.74. The Kier molecular flexibility index (Phi) is 4.07. The van der Waals surface area contributed by atoms with E-state index in [4.69, 9.17) is 10.2 Å². The van der Waals surface area contributed by atoms with Crippen molar-refractivity contribution in [3.8, 4) is 11.3 Å². The van der Waals surface area contributed by atoms with Gasteiger partial charge in [-0.1, -0.05) is 12.1 Å². The second-order valence-electron chi connectivity index (χ2n) is 5.72. The van der Waals surface area contributed by atoms with Crippen LogP contribution in [0.3, 0.4) is 0 Å². The number of nitrogens with one attached hydrogen (secondary N) is 1. The minimum atomic E-state index is 0.425. The highest BCUT2D eigenvalue weighted by molar-refractivity contribution is 5.63. The highest BCUT2D eigenvalue weighted by Gasteiger charge is 2.18. The molecule has 106 valence electrons. The molecular weight excluding hydrogens is 248 g/mol.